The first kappa shape index (κ1) is 19.8. The molecule has 2 N–H and O–H groups in total. The number of benzene rings is 1. The van der Waals surface area contributed by atoms with Crippen molar-refractivity contribution in [2.45, 2.75) is 58.0 Å². The summed E-state index contributed by atoms with van der Waals surface area (Å²) in [4.78, 5) is 16.1. The quantitative estimate of drug-likeness (QED) is 0.633. The number of cyclic esters (lactones) is 1. The molecule has 3 heterocycles. The third-order valence-electron chi connectivity index (χ3n) is 5.87. The van der Waals surface area contributed by atoms with Gasteiger partial charge in [-0.05, 0) is 59.9 Å². The number of pyridine rings is 1. The standard InChI is InChI=1S/C23H27N5O3/c1-12-7-18(20-27-28-21(31-20)24-10-15-11-25-22(29)30-15)26-19-16(12)8-14(13-5-6-13)9-17(19)23(2,3)4/h7-9,13,15H,5-6,10-11H2,1-4H3,(H,24,28)(H,25,29). The van der Waals surface area contributed by atoms with Crippen LogP contribution < -0.4 is 10.6 Å². The minimum Gasteiger partial charge on any atom is -0.442 e. The number of nitrogens with one attached hydrogen (secondary N) is 2. The van der Waals surface area contributed by atoms with Crippen molar-refractivity contribution < 1.29 is 13.9 Å². The Kier molecular flexibility index (Phi) is 4.60. The number of ether oxygens (including phenoxy) is 1. The lowest BCUT2D eigenvalue weighted by Gasteiger charge is -2.23. The first-order valence-electron chi connectivity index (χ1n) is 10.8. The van der Waals surface area contributed by atoms with Gasteiger partial charge < -0.3 is 19.8 Å². The highest BCUT2D eigenvalue weighted by Gasteiger charge is 2.28. The molecular formula is C23H27N5O3. The van der Waals surface area contributed by atoms with Gasteiger partial charge in [-0.15, -0.1) is 5.10 Å². The Morgan fingerprint density at radius 3 is 2.68 bits per heavy atom. The third-order valence-corrected chi connectivity index (χ3v) is 5.87. The average molecular weight is 422 g/mol. The van der Waals surface area contributed by atoms with E-state index in [2.05, 4.69) is 60.7 Å². The molecule has 1 saturated heterocycles. The van der Waals surface area contributed by atoms with E-state index in [9.17, 15) is 4.79 Å². The van der Waals surface area contributed by atoms with Crippen molar-refractivity contribution in [1.82, 2.24) is 20.5 Å². The molecule has 2 aliphatic rings. The van der Waals surface area contributed by atoms with Crippen LogP contribution in [0.2, 0.25) is 0 Å². The number of carbonyl (C=O) groups excluding carboxylic acids is 1. The van der Waals surface area contributed by atoms with Gasteiger partial charge in [0.15, 0.2) is 0 Å². The Balaban J connectivity index is 1.47. The zero-order valence-corrected chi connectivity index (χ0v) is 18.3. The van der Waals surface area contributed by atoms with Crippen LogP contribution >= 0.6 is 0 Å². The van der Waals surface area contributed by atoms with Crippen molar-refractivity contribution >= 4 is 23.0 Å². The van der Waals surface area contributed by atoms with E-state index in [0.29, 0.717) is 30.6 Å². The van der Waals surface area contributed by atoms with Crippen LogP contribution in [0.1, 0.15) is 56.2 Å². The van der Waals surface area contributed by atoms with Crippen LogP contribution in [-0.2, 0) is 10.2 Å². The van der Waals surface area contributed by atoms with Gasteiger partial charge in [-0.3, -0.25) is 0 Å². The van der Waals surface area contributed by atoms with E-state index in [1.54, 1.807) is 0 Å². The first-order valence-corrected chi connectivity index (χ1v) is 10.8. The lowest BCUT2D eigenvalue weighted by atomic mass is 9.83. The predicted molar refractivity (Wildman–Crippen MR) is 117 cm³/mol. The molecule has 1 aliphatic heterocycles. The molecule has 0 spiro atoms. The Labute approximate surface area is 180 Å². The zero-order chi connectivity index (χ0) is 21.8. The maximum absolute atomic E-state index is 11.1. The van der Waals surface area contributed by atoms with Crippen molar-refractivity contribution in [1.29, 1.82) is 0 Å². The van der Waals surface area contributed by atoms with E-state index < -0.39 is 6.09 Å². The van der Waals surface area contributed by atoms with E-state index >= 15 is 0 Å². The summed E-state index contributed by atoms with van der Waals surface area (Å²) in [6.45, 7) is 9.62. The van der Waals surface area contributed by atoms with E-state index in [1.807, 2.05) is 6.07 Å². The van der Waals surface area contributed by atoms with Gasteiger partial charge in [0.05, 0.1) is 18.6 Å². The van der Waals surface area contributed by atoms with Crippen LogP contribution in [-0.4, -0.2) is 40.5 Å². The summed E-state index contributed by atoms with van der Waals surface area (Å²) in [5.74, 6) is 1.05. The monoisotopic (exact) mass is 421 g/mol. The highest BCUT2D eigenvalue weighted by Crippen LogP contribution is 2.44. The number of aryl methyl sites for hydroxylation is 1. The van der Waals surface area contributed by atoms with E-state index in [-0.39, 0.29) is 17.5 Å². The Morgan fingerprint density at radius 2 is 2.00 bits per heavy atom. The molecule has 5 rings (SSSR count). The molecule has 1 unspecified atom stereocenters. The SMILES string of the molecule is Cc1cc(-c2nnc(NCC3CNC(=O)O3)o2)nc2c(C(C)(C)C)cc(C3CC3)cc12. The van der Waals surface area contributed by atoms with Gasteiger partial charge >= 0.3 is 12.1 Å². The van der Waals surface area contributed by atoms with Crippen LogP contribution in [0.25, 0.3) is 22.5 Å². The summed E-state index contributed by atoms with van der Waals surface area (Å²) < 4.78 is 10.9. The highest BCUT2D eigenvalue weighted by molar-refractivity contribution is 5.88. The van der Waals surface area contributed by atoms with Crippen LogP contribution in [0, 0.1) is 6.92 Å². The summed E-state index contributed by atoms with van der Waals surface area (Å²) in [6.07, 6.45) is 1.87. The number of carbonyl (C=O) groups is 1. The predicted octanol–water partition coefficient (Wildman–Crippen LogP) is 4.29. The maximum Gasteiger partial charge on any atom is 0.407 e. The van der Waals surface area contributed by atoms with Crippen LogP contribution in [0.15, 0.2) is 22.6 Å². The summed E-state index contributed by atoms with van der Waals surface area (Å²) in [6, 6.07) is 6.91. The number of aromatic nitrogens is 3. The molecule has 0 bridgehead atoms. The molecule has 1 aromatic carbocycles. The lowest BCUT2D eigenvalue weighted by molar-refractivity contribution is 0.145. The molecule has 2 aromatic heterocycles. The molecule has 162 valence electrons. The second-order valence-corrected chi connectivity index (χ2v) is 9.51. The van der Waals surface area contributed by atoms with Gasteiger partial charge in [0.2, 0.25) is 0 Å². The Morgan fingerprint density at radius 1 is 1.19 bits per heavy atom. The zero-order valence-electron chi connectivity index (χ0n) is 18.3. The highest BCUT2D eigenvalue weighted by atomic mass is 16.6. The van der Waals surface area contributed by atoms with Crippen LogP contribution in [0.4, 0.5) is 10.8 Å². The van der Waals surface area contributed by atoms with Gasteiger partial charge in [0, 0.05) is 5.39 Å². The number of fused-ring (bicyclic) bond motifs is 1. The summed E-state index contributed by atoms with van der Waals surface area (Å²) in [5.41, 5.74) is 5.42. The fraction of sp³-hybridized carbons (Fsp3) is 0.478. The molecule has 31 heavy (non-hydrogen) atoms. The molecule has 0 radical (unpaired) electrons. The Hall–Kier alpha value is -3.16. The van der Waals surface area contributed by atoms with Gasteiger partial charge in [0.1, 0.15) is 11.8 Å². The molecule has 8 heteroatoms. The van der Waals surface area contributed by atoms with E-state index in [4.69, 9.17) is 14.1 Å². The van der Waals surface area contributed by atoms with Gasteiger partial charge in [-0.2, -0.15) is 0 Å². The van der Waals surface area contributed by atoms with Crippen LogP contribution in [0.5, 0.6) is 0 Å². The number of hydrogen-bond donors (Lipinski definition) is 2. The smallest absolute Gasteiger partial charge is 0.407 e. The number of amides is 1. The number of hydrogen-bond acceptors (Lipinski definition) is 7. The topological polar surface area (TPSA) is 102 Å². The molecule has 1 saturated carbocycles. The molecule has 8 nitrogen and oxygen atoms in total. The number of alkyl carbamates (subject to hydrolysis) is 1. The summed E-state index contributed by atoms with van der Waals surface area (Å²) in [7, 11) is 0. The van der Waals surface area contributed by atoms with E-state index in [0.717, 1.165) is 11.1 Å². The maximum atomic E-state index is 11.1. The first-order chi connectivity index (χ1) is 14.8. The number of nitrogens with zero attached hydrogens (tertiary/aromatic N) is 3. The van der Waals surface area contributed by atoms with Crippen molar-refractivity contribution in [3.05, 3.63) is 34.9 Å². The minimum atomic E-state index is -0.409. The van der Waals surface area contributed by atoms with Gasteiger partial charge in [-0.25, -0.2) is 9.78 Å². The van der Waals surface area contributed by atoms with E-state index in [1.165, 1.54) is 29.4 Å². The number of rotatable bonds is 5. The molecule has 3 aromatic rings. The minimum absolute atomic E-state index is 0.0322. The Bertz CT molecular complexity index is 1160. The lowest BCUT2D eigenvalue weighted by Crippen LogP contribution is -2.23. The molecule has 1 aliphatic carbocycles. The number of anilines is 1. The molecule has 1 atom stereocenters. The van der Waals surface area contributed by atoms with Crippen molar-refractivity contribution in [2.75, 3.05) is 18.4 Å². The molecule has 1 amide bonds. The van der Waals surface area contributed by atoms with Crippen molar-refractivity contribution in [3.63, 3.8) is 0 Å². The van der Waals surface area contributed by atoms with Gasteiger partial charge in [-0.1, -0.05) is 31.9 Å². The fourth-order valence-electron chi connectivity index (χ4n) is 3.99. The van der Waals surface area contributed by atoms with Gasteiger partial charge in [0.25, 0.3) is 5.89 Å². The second kappa shape index (κ2) is 7.21. The summed E-state index contributed by atoms with van der Waals surface area (Å²) in [5, 5.41) is 15.1. The summed E-state index contributed by atoms with van der Waals surface area (Å²) >= 11 is 0. The molecule has 2 fully saturated rings. The largest absolute Gasteiger partial charge is 0.442 e. The second-order valence-electron chi connectivity index (χ2n) is 9.51. The normalized spacial score (nSPS) is 18.8. The fourth-order valence-corrected chi connectivity index (χ4v) is 3.99. The molecular weight excluding hydrogens is 394 g/mol. The van der Waals surface area contributed by atoms with Crippen LogP contribution in [0.3, 0.4) is 0 Å². The third kappa shape index (κ3) is 3.94. The van der Waals surface area contributed by atoms with Crippen molar-refractivity contribution in [2.24, 2.45) is 0 Å². The average Bonchev–Trinajstić information content (AvgIpc) is 3.31. The van der Waals surface area contributed by atoms with Crippen molar-refractivity contribution in [3.8, 4) is 11.6 Å².